The molecule has 0 aromatic heterocycles. The third-order valence-corrected chi connectivity index (χ3v) is 2.98. The van der Waals surface area contributed by atoms with Crippen molar-refractivity contribution in [2.24, 2.45) is 0 Å². The summed E-state index contributed by atoms with van der Waals surface area (Å²) in [5, 5.41) is 2.50. The highest BCUT2D eigenvalue weighted by molar-refractivity contribution is 7.46. The van der Waals surface area contributed by atoms with E-state index in [0.29, 0.717) is 5.56 Å². The number of benzene rings is 1. The summed E-state index contributed by atoms with van der Waals surface area (Å²) in [7, 11) is -4.60. The minimum Gasteiger partial charge on any atom is -0.464 e. The molecule has 3 N–H and O–H groups in total. The van der Waals surface area contributed by atoms with E-state index in [1.165, 1.54) is 19.1 Å². The van der Waals surface area contributed by atoms with Crippen molar-refractivity contribution >= 4 is 19.7 Å². The zero-order valence-corrected chi connectivity index (χ0v) is 13.1. The van der Waals surface area contributed by atoms with Gasteiger partial charge in [-0.05, 0) is 24.6 Å². The first-order valence-corrected chi connectivity index (χ1v) is 8.02. The number of hydrogen-bond donors (Lipinski definition) is 3. The maximum atomic E-state index is 11.8. The predicted molar refractivity (Wildman–Crippen MR) is 77.1 cm³/mol. The molecule has 1 rings (SSSR count). The van der Waals surface area contributed by atoms with E-state index < -0.39 is 19.8 Å². The normalized spacial score (nSPS) is 12.4. The van der Waals surface area contributed by atoms with Crippen LogP contribution in [0.1, 0.15) is 19.4 Å². The molecule has 8 nitrogen and oxygen atoms in total. The molecule has 22 heavy (non-hydrogen) atoms. The van der Waals surface area contributed by atoms with Gasteiger partial charge in [-0.3, -0.25) is 14.6 Å². The van der Waals surface area contributed by atoms with Gasteiger partial charge >= 0.3 is 13.8 Å². The summed E-state index contributed by atoms with van der Waals surface area (Å²) >= 11 is 0. The highest BCUT2D eigenvalue weighted by Gasteiger charge is 2.21. The number of carbonyl (C=O) groups is 2. The molecule has 9 heteroatoms. The minimum atomic E-state index is -4.60. The Morgan fingerprint density at radius 3 is 2.32 bits per heavy atom. The van der Waals surface area contributed by atoms with Crippen LogP contribution < -0.4 is 9.84 Å². The molecule has 0 saturated carbocycles. The van der Waals surface area contributed by atoms with Crippen LogP contribution in [-0.4, -0.2) is 34.3 Å². The number of phosphoric acid groups is 1. The monoisotopic (exact) mass is 331 g/mol. The molecule has 1 atom stereocenters. The largest absolute Gasteiger partial charge is 0.524 e. The molecule has 0 spiro atoms. The van der Waals surface area contributed by atoms with Crippen LogP contribution in [0.2, 0.25) is 0 Å². The molecular weight excluding hydrogens is 313 g/mol. The minimum absolute atomic E-state index is 0.00398. The summed E-state index contributed by atoms with van der Waals surface area (Å²) in [4.78, 5) is 40.3. The van der Waals surface area contributed by atoms with E-state index in [0.717, 1.165) is 0 Å². The molecule has 0 bridgehead atoms. The summed E-state index contributed by atoms with van der Waals surface area (Å²) < 4.78 is 20.0. The molecule has 0 heterocycles. The molecule has 1 unspecified atom stereocenters. The smallest absolute Gasteiger partial charge is 0.464 e. The van der Waals surface area contributed by atoms with Gasteiger partial charge in [0.25, 0.3) is 0 Å². The molecule has 1 aromatic carbocycles. The lowest BCUT2D eigenvalue weighted by atomic mass is 10.1. The summed E-state index contributed by atoms with van der Waals surface area (Å²) in [5.41, 5.74) is 0.671. The van der Waals surface area contributed by atoms with Crippen LogP contribution in [0.3, 0.4) is 0 Å². The number of ether oxygens (including phenoxy) is 1. The van der Waals surface area contributed by atoms with Gasteiger partial charge in [-0.25, -0.2) is 9.36 Å². The van der Waals surface area contributed by atoms with E-state index in [9.17, 15) is 14.2 Å². The van der Waals surface area contributed by atoms with Gasteiger partial charge in [0.05, 0.1) is 6.61 Å². The summed E-state index contributed by atoms with van der Waals surface area (Å²) in [6, 6.07) is 4.98. The Balaban J connectivity index is 2.78. The van der Waals surface area contributed by atoms with Crippen molar-refractivity contribution < 1.29 is 33.2 Å². The first kappa shape index (κ1) is 18.2. The van der Waals surface area contributed by atoms with Gasteiger partial charge in [0.15, 0.2) is 0 Å². The van der Waals surface area contributed by atoms with Gasteiger partial charge in [-0.2, -0.15) is 0 Å². The summed E-state index contributed by atoms with van der Waals surface area (Å²) in [6.07, 6.45) is 0.189. The average molecular weight is 331 g/mol. The van der Waals surface area contributed by atoms with Crippen LogP contribution in [0.15, 0.2) is 24.3 Å². The Labute approximate surface area is 127 Å². The fraction of sp³-hybridized carbons (Fsp3) is 0.385. The summed E-state index contributed by atoms with van der Waals surface area (Å²) in [6.45, 7) is 3.16. The summed E-state index contributed by atoms with van der Waals surface area (Å²) in [5.74, 6) is -0.906. The molecule has 0 aliphatic carbocycles. The second-order valence-corrected chi connectivity index (χ2v) is 5.60. The lowest BCUT2D eigenvalue weighted by Crippen LogP contribution is -2.42. The van der Waals surface area contributed by atoms with Gasteiger partial charge in [-0.15, -0.1) is 0 Å². The molecular formula is C13H18NO7P. The van der Waals surface area contributed by atoms with E-state index in [1.54, 1.807) is 19.1 Å². The first-order chi connectivity index (χ1) is 10.2. The number of carbonyl (C=O) groups excluding carboxylic acids is 2. The second-order valence-electron chi connectivity index (χ2n) is 4.44. The number of phosphoric ester groups is 1. The van der Waals surface area contributed by atoms with Gasteiger partial charge < -0.3 is 14.6 Å². The molecule has 0 aliphatic rings. The Hall–Kier alpha value is -1.89. The Morgan fingerprint density at radius 1 is 1.27 bits per heavy atom. The molecule has 0 aliphatic heterocycles. The van der Waals surface area contributed by atoms with Crippen LogP contribution >= 0.6 is 7.82 Å². The quantitative estimate of drug-likeness (QED) is 0.498. The van der Waals surface area contributed by atoms with E-state index in [1.807, 2.05) is 0 Å². The average Bonchev–Trinajstić information content (AvgIpc) is 2.38. The molecule has 1 aromatic rings. The van der Waals surface area contributed by atoms with Crippen LogP contribution in [0, 0.1) is 0 Å². The zero-order valence-electron chi connectivity index (χ0n) is 12.2. The van der Waals surface area contributed by atoms with Gasteiger partial charge in [0.1, 0.15) is 11.8 Å². The number of nitrogens with one attached hydrogen (secondary N) is 1. The van der Waals surface area contributed by atoms with Crippen LogP contribution in [0.4, 0.5) is 0 Å². The highest BCUT2D eigenvalue weighted by atomic mass is 31.2. The third kappa shape index (κ3) is 6.71. The third-order valence-electron chi connectivity index (χ3n) is 2.54. The predicted octanol–water partition coefficient (Wildman–Crippen LogP) is 0.768. The van der Waals surface area contributed by atoms with Gasteiger partial charge in [-0.1, -0.05) is 12.1 Å². The standard InChI is InChI=1S/C13H18NO7P/c1-3-20-13(16)12(14-9(2)15)8-10-4-6-11(7-5-10)21-22(17,18)19/h4-7,12H,3,8H2,1-2H3,(H,14,15)(H2,17,18,19). The number of amides is 1. The Kier molecular flexibility index (Phi) is 6.55. The topological polar surface area (TPSA) is 122 Å². The van der Waals surface area contributed by atoms with Crippen molar-refractivity contribution in [3.63, 3.8) is 0 Å². The maximum absolute atomic E-state index is 11.8. The fourth-order valence-electron chi connectivity index (χ4n) is 1.74. The maximum Gasteiger partial charge on any atom is 0.524 e. The van der Waals surface area contributed by atoms with E-state index in [2.05, 4.69) is 9.84 Å². The lowest BCUT2D eigenvalue weighted by molar-refractivity contribution is -0.147. The Bertz CT molecular complexity index is 566. The molecule has 0 radical (unpaired) electrons. The SMILES string of the molecule is CCOC(=O)C(Cc1ccc(OP(=O)(O)O)cc1)NC(C)=O. The van der Waals surface area contributed by atoms with Crippen LogP contribution in [0.25, 0.3) is 0 Å². The van der Waals surface area contributed by atoms with Crippen molar-refractivity contribution in [3.05, 3.63) is 29.8 Å². The van der Waals surface area contributed by atoms with Crippen molar-refractivity contribution in [1.82, 2.24) is 5.32 Å². The number of hydrogen-bond acceptors (Lipinski definition) is 5. The van der Waals surface area contributed by atoms with E-state index in [-0.39, 0.29) is 24.7 Å². The lowest BCUT2D eigenvalue weighted by Gasteiger charge is -2.16. The number of esters is 1. The Morgan fingerprint density at radius 2 is 1.86 bits per heavy atom. The van der Waals surface area contributed by atoms with Crippen molar-refractivity contribution in [2.75, 3.05) is 6.61 Å². The van der Waals surface area contributed by atoms with Crippen molar-refractivity contribution in [3.8, 4) is 5.75 Å². The molecule has 0 fully saturated rings. The molecule has 1 amide bonds. The van der Waals surface area contributed by atoms with E-state index >= 15 is 0 Å². The zero-order chi connectivity index (χ0) is 16.8. The van der Waals surface area contributed by atoms with Gasteiger partial charge in [0, 0.05) is 13.3 Å². The van der Waals surface area contributed by atoms with E-state index in [4.69, 9.17) is 14.5 Å². The molecule has 0 saturated heterocycles. The molecule has 122 valence electrons. The van der Waals surface area contributed by atoms with Crippen molar-refractivity contribution in [1.29, 1.82) is 0 Å². The number of rotatable bonds is 7. The first-order valence-electron chi connectivity index (χ1n) is 6.49. The van der Waals surface area contributed by atoms with Crippen molar-refractivity contribution in [2.45, 2.75) is 26.3 Å². The van der Waals surface area contributed by atoms with Crippen LogP contribution in [-0.2, 0) is 25.3 Å². The van der Waals surface area contributed by atoms with Gasteiger partial charge in [0.2, 0.25) is 5.91 Å². The van der Waals surface area contributed by atoms with Crippen LogP contribution in [0.5, 0.6) is 5.75 Å². The second kappa shape index (κ2) is 7.93. The fourth-order valence-corrected chi connectivity index (χ4v) is 2.14. The highest BCUT2D eigenvalue weighted by Crippen LogP contribution is 2.37.